The summed E-state index contributed by atoms with van der Waals surface area (Å²) >= 11 is 0. The molecule has 0 atom stereocenters. The van der Waals surface area contributed by atoms with Crippen LogP contribution in [0.2, 0.25) is 0 Å². The zero-order valence-electron chi connectivity index (χ0n) is 12.3. The van der Waals surface area contributed by atoms with Gasteiger partial charge in [0.1, 0.15) is 5.65 Å². The minimum absolute atomic E-state index is 0.414. The lowest BCUT2D eigenvalue weighted by Gasteiger charge is -2.29. The van der Waals surface area contributed by atoms with Gasteiger partial charge in [-0.1, -0.05) is 19.9 Å². The second-order valence-electron chi connectivity index (χ2n) is 5.66. The zero-order chi connectivity index (χ0) is 14.0. The van der Waals surface area contributed by atoms with E-state index in [1.807, 2.05) is 24.4 Å². The predicted molar refractivity (Wildman–Crippen MR) is 80.4 cm³/mol. The highest BCUT2D eigenvalue weighted by molar-refractivity contribution is 5.56. The van der Waals surface area contributed by atoms with Gasteiger partial charge in [-0.3, -0.25) is 0 Å². The summed E-state index contributed by atoms with van der Waals surface area (Å²) in [6, 6.07) is 6.46. The first-order chi connectivity index (χ1) is 9.04. The summed E-state index contributed by atoms with van der Waals surface area (Å²) in [7, 11) is 0. The molecule has 4 nitrogen and oxygen atoms in total. The Morgan fingerprint density at radius 3 is 2.58 bits per heavy atom. The van der Waals surface area contributed by atoms with Gasteiger partial charge in [0.25, 0.3) is 0 Å². The van der Waals surface area contributed by atoms with Crippen molar-refractivity contribution < 1.29 is 0 Å². The SMILES string of the molecule is CC(C)CN(c1nc2ccccn2c1CN)C(C)C. The molecule has 4 heteroatoms. The summed E-state index contributed by atoms with van der Waals surface area (Å²) in [6.45, 7) is 10.4. The van der Waals surface area contributed by atoms with E-state index in [9.17, 15) is 0 Å². The largest absolute Gasteiger partial charge is 0.352 e. The van der Waals surface area contributed by atoms with Gasteiger partial charge in [-0.25, -0.2) is 4.98 Å². The number of nitrogens with zero attached hydrogens (tertiary/aromatic N) is 3. The van der Waals surface area contributed by atoms with E-state index in [2.05, 4.69) is 37.0 Å². The average Bonchev–Trinajstić information content (AvgIpc) is 2.73. The fourth-order valence-electron chi connectivity index (χ4n) is 2.39. The number of pyridine rings is 1. The normalized spacial score (nSPS) is 11.7. The van der Waals surface area contributed by atoms with Gasteiger partial charge in [0.15, 0.2) is 5.82 Å². The average molecular weight is 260 g/mol. The molecule has 0 aliphatic heterocycles. The maximum atomic E-state index is 5.94. The molecular formula is C15H24N4. The summed E-state index contributed by atoms with van der Waals surface area (Å²) < 4.78 is 2.09. The van der Waals surface area contributed by atoms with Gasteiger partial charge in [0.2, 0.25) is 0 Å². The van der Waals surface area contributed by atoms with Crippen molar-refractivity contribution in [2.75, 3.05) is 11.4 Å². The highest BCUT2D eigenvalue weighted by Gasteiger charge is 2.20. The first kappa shape index (κ1) is 13.9. The quantitative estimate of drug-likeness (QED) is 0.899. The third kappa shape index (κ3) is 2.73. The molecule has 2 heterocycles. The minimum Gasteiger partial charge on any atom is -0.352 e. The Labute approximate surface area is 115 Å². The lowest BCUT2D eigenvalue weighted by molar-refractivity contribution is 0.565. The van der Waals surface area contributed by atoms with Crippen molar-refractivity contribution in [1.29, 1.82) is 0 Å². The molecule has 0 aromatic carbocycles. The van der Waals surface area contributed by atoms with Gasteiger partial charge in [0.05, 0.1) is 5.69 Å². The summed E-state index contributed by atoms with van der Waals surface area (Å²) in [5, 5.41) is 0. The standard InChI is InChI=1S/C15H24N4/c1-11(2)10-19(12(3)4)15-13(9-16)18-8-6-5-7-14(18)17-15/h5-8,11-12H,9-10,16H2,1-4H3. The Bertz CT molecular complexity index is 542. The van der Waals surface area contributed by atoms with Crippen molar-refractivity contribution in [1.82, 2.24) is 9.38 Å². The molecule has 2 aromatic heterocycles. The Kier molecular flexibility index (Phi) is 4.10. The maximum absolute atomic E-state index is 5.94. The van der Waals surface area contributed by atoms with E-state index in [1.54, 1.807) is 0 Å². The van der Waals surface area contributed by atoms with Crippen LogP contribution >= 0.6 is 0 Å². The Balaban J connectivity index is 2.52. The van der Waals surface area contributed by atoms with Crippen molar-refractivity contribution >= 4 is 11.5 Å². The highest BCUT2D eigenvalue weighted by atomic mass is 15.2. The third-order valence-corrected chi connectivity index (χ3v) is 3.26. The number of imidazole rings is 1. The summed E-state index contributed by atoms with van der Waals surface area (Å²) in [5.41, 5.74) is 8.00. The van der Waals surface area contributed by atoms with Crippen molar-refractivity contribution in [3.8, 4) is 0 Å². The second-order valence-corrected chi connectivity index (χ2v) is 5.66. The van der Waals surface area contributed by atoms with Crippen LogP contribution in [0.1, 0.15) is 33.4 Å². The van der Waals surface area contributed by atoms with Gasteiger partial charge >= 0.3 is 0 Å². The Hall–Kier alpha value is -1.55. The molecule has 0 saturated carbocycles. The smallest absolute Gasteiger partial charge is 0.152 e. The first-order valence-corrected chi connectivity index (χ1v) is 6.97. The van der Waals surface area contributed by atoms with Crippen molar-refractivity contribution in [3.05, 3.63) is 30.1 Å². The monoisotopic (exact) mass is 260 g/mol. The number of rotatable bonds is 5. The van der Waals surface area contributed by atoms with Gasteiger partial charge in [-0.05, 0) is 31.9 Å². The molecule has 2 aromatic rings. The molecule has 19 heavy (non-hydrogen) atoms. The van der Waals surface area contributed by atoms with Crippen LogP contribution < -0.4 is 10.6 Å². The van der Waals surface area contributed by atoms with Crippen molar-refractivity contribution in [3.63, 3.8) is 0 Å². The van der Waals surface area contributed by atoms with Crippen LogP contribution in [-0.2, 0) is 6.54 Å². The zero-order valence-corrected chi connectivity index (χ0v) is 12.3. The number of hydrogen-bond donors (Lipinski definition) is 1. The number of nitrogens with two attached hydrogens (primary N) is 1. The fraction of sp³-hybridized carbons (Fsp3) is 0.533. The summed E-state index contributed by atoms with van der Waals surface area (Å²) in [5.74, 6) is 1.62. The van der Waals surface area contributed by atoms with E-state index in [1.165, 1.54) is 0 Å². The van der Waals surface area contributed by atoms with Crippen LogP contribution in [0.25, 0.3) is 5.65 Å². The molecule has 0 radical (unpaired) electrons. The van der Waals surface area contributed by atoms with Gasteiger partial charge in [-0.2, -0.15) is 0 Å². The maximum Gasteiger partial charge on any atom is 0.152 e. The molecular weight excluding hydrogens is 236 g/mol. The topological polar surface area (TPSA) is 46.6 Å². The van der Waals surface area contributed by atoms with Gasteiger partial charge in [-0.15, -0.1) is 0 Å². The van der Waals surface area contributed by atoms with Gasteiger partial charge in [0, 0.05) is 25.3 Å². The van der Waals surface area contributed by atoms with E-state index >= 15 is 0 Å². The lowest BCUT2D eigenvalue weighted by Crippen LogP contribution is -2.35. The molecule has 0 saturated heterocycles. The van der Waals surface area contributed by atoms with Crippen molar-refractivity contribution in [2.45, 2.75) is 40.3 Å². The van der Waals surface area contributed by atoms with E-state index in [-0.39, 0.29) is 0 Å². The number of anilines is 1. The fourth-order valence-corrected chi connectivity index (χ4v) is 2.39. The number of fused-ring (bicyclic) bond motifs is 1. The minimum atomic E-state index is 0.414. The van der Waals surface area contributed by atoms with Crippen LogP contribution in [0, 0.1) is 5.92 Å². The van der Waals surface area contributed by atoms with Crippen LogP contribution in [0.4, 0.5) is 5.82 Å². The van der Waals surface area contributed by atoms with Crippen LogP contribution in [0.3, 0.4) is 0 Å². The van der Waals surface area contributed by atoms with Crippen LogP contribution in [-0.4, -0.2) is 22.0 Å². The summed E-state index contributed by atoms with van der Waals surface area (Å²) in [4.78, 5) is 7.11. The molecule has 104 valence electrons. The van der Waals surface area contributed by atoms with E-state index in [0.29, 0.717) is 18.5 Å². The second kappa shape index (κ2) is 5.61. The summed E-state index contributed by atoms with van der Waals surface area (Å²) in [6.07, 6.45) is 2.03. The molecule has 0 spiro atoms. The number of hydrogen-bond acceptors (Lipinski definition) is 3. The first-order valence-electron chi connectivity index (χ1n) is 6.97. The molecule has 0 bridgehead atoms. The van der Waals surface area contributed by atoms with Crippen LogP contribution in [0.5, 0.6) is 0 Å². The van der Waals surface area contributed by atoms with E-state index in [4.69, 9.17) is 10.7 Å². The molecule has 2 rings (SSSR count). The molecule has 0 amide bonds. The molecule has 0 aliphatic carbocycles. The third-order valence-electron chi connectivity index (χ3n) is 3.26. The number of aromatic nitrogens is 2. The molecule has 2 N–H and O–H groups in total. The van der Waals surface area contributed by atoms with E-state index in [0.717, 1.165) is 23.7 Å². The van der Waals surface area contributed by atoms with Crippen molar-refractivity contribution in [2.24, 2.45) is 11.7 Å². The Morgan fingerprint density at radius 1 is 1.26 bits per heavy atom. The lowest BCUT2D eigenvalue weighted by atomic mass is 10.1. The molecule has 0 unspecified atom stereocenters. The Morgan fingerprint density at radius 2 is 2.00 bits per heavy atom. The predicted octanol–water partition coefficient (Wildman–Crippen LogP) is 2.66. The molecule has 0 aliphatic rings. The van der Waals surface area contributed by atoms with Crippen LogP contribution in [0.15, 0.2) is 24.4 Å². The van der Waals surface area contributed by atoms with Gasteiger partial charge < -0.3 is 15.0 Å². The highest BCUT2D eigenvalue weighted by Crippen LogP contribution is 2.24. The van der Waals surface area contributed by atoms with E-state index < -0.39 is 0 Å². The molecule has 0 fully saturated rings.